The highest BCUT2D eigenvalue weighted by Crippen LogP contribution is 2.22. The molecule has 6 nitrogen and oxygen atoms in total. The lowest BCUT2D eigenvalue weighted by atomic mass is 10.1. The van der Waals surface area contributed by atoms with E-state index in [1.807, 2.05) is 55.5 Å². The Morgan fingerprint density at radius 2 is 1.85 bits per heavy atom. The van der Waals surface area contributed by atoms with Gasteiger partial charge in [-0.3, -0.25) is 9.69 Å². The normalized spacial score (nSPS) is 19.2. The van der Waals surface area contributed by atoms with Crippen LogP contribution in [-0.2, 0) is 16.1 Å². The number of aryl methyl sites for hydroxylation is 1. The van der Waals surface area contributed by atoms with Gasteiger partial charge in [0.2, 0.25) is 5.91 Å². The molecule has 0 spiro atoms. The molecule has 1 aliphatic rings. The third-order valence-electron chi connectivity index (χ3n) is 4.42. The van der Waals surface area contributed by atoms with Crippen molar-refractivity contribution in [1.29, 1.82) is 0 Å². The van der Waals surface area contributed by atoms with Gasteiger partial charge in [-0.2, -0.15) is 0 Å². The number of likely N-dealkylation sites (tertiary alicyclic amines) is 1. The zero-order valence-corrected chi connectivity index (χ0v) is 14.6. The fourth-order valence-corrected chi connectivity index (χ4v) is 3.00. The minimum Gasteiger partial charge on any atom is -0.445 e. The van der Waals surface area contributed by atoms with Gasteiger partial charge in [-0.25, -0.2) is 4.79 Å². The first kappa shape index (κ1) is 17.9. The smallest absolute Gasteiger partial charge is 0.410 e. The van der Waals surface area contributed by atoms with Gasteiger partial charge in [0.25, 0.3) is 0 Å². The Morgan fingerprint density at radius 1 is 1.15 bits per heavy atom. The zero-order chi connectivity index (χ0) is 18.5. The number of aliphatic hydroxyl groups excluding tert-OH is 1. The molecule has 0 aromatic heterocycles. The van der Waals surface area contributed by atoms with Crippen molar-refractivity contribution in [1.82, 2.24) is 4.90 Å². The molecule has 2 aromatic carbocycles. The number of nitrogens with zero attached hydrogens (tertiary/aromatic N) is 1. The number of ether oxygens (including phenoxy) is 1. The number of benzene rings is 2. The Morgan fingerprint density at radius 3 is 2.58 bits per heavy atom. The van der Waals surface area contributed by atoms with Crippen LogP contribution in [0.2, 0.25) is 0 Å². The molecule has 2 amide bonds. The predicted molar refractivity (Wildman–Crippen MR) is 97.6 cm³/mol. The van der Waals surface area contributed by atoms with Gasteiger partial charge in [0.05, 0.1) is 12.6 Å². The van der Waals surface area contributed by atoms with Crippen molar-refractivity contribution in [2.45, 2.75) is 32.1 Å². The summed E-state index contributed by atoms with van der Waals surface area (Å²) in [5.41, 5.74) is 2.48. The third kappa shape index (κ3) is 4.21. The second-order valence-corrected chi connectivity index (χ2v) is 6.40. The number of carbonyl (C=O) groups excluding carboxylic acids is 2. The van der Waals surface area contributed by atoms with Crippen molar-refractivity contribution in [2.24, 2.45) is 0 Å². The fourth-order valence-electron chi connectivity index (χ4n) is 3.00. The van der Waals surface area contributed by atoms with Crippen LogP contribution < -0.4 is 5.32 Å². The lowest BCUT2D eigenvalue weighted by Crippen LogP contribution is -2.43. The molecule has 3 rings (SSSR count). The largest absolute Gasteiger partial charge is 0.445 e. The average molecular weight is 354 g/mol. The molecule has 0 unspecified atom stereocenters. The van der Waals surface area contributed by atoms with Crippen LogP contribution in [0.1, 0.15) is 17.5 Å². The Hall–Kier alpha value is -2.86. The molecule has 6 heteroatoms. The van der Waals surface area contributed by atoms with Gasteiger partial charge in [0.1, 0.15) is 12.6 Å². The number of aliphatic hydroxyl groups is 1. The van der Waals surface area contributed by atoms with Gasteiger partial charge in [0, 0.05) is 12.1 Å². The van der Waals surface area contributed by atoms with E-state index < -0.39 is 18.2 Å². The maximum atomic E-state index is 12.6. The minimum atomic E-state index is -0.757. The second-order valence-electron chi connectivity index (χ2n) is 6.40. The molecule has 0 bridgehead atoms. The zero-order valence-electron chi connectivity index (χ0n) is 14.6. The van der Waals surface area contributed by atoms with Crippen molar-refractivity contribution in [2.75, 3.05) is 11.9 Å². The highest BCUT2D eigenvalue weighted by molar-refractivity contribution is 5.97. The van der Waals surface area contributed by atoms with Crippen molar-refractivity contribution in [3.63, 3.8) is 0 Å². The summed E-state index contributed by atoms with van der Waals surface area (Å²) >= 11 is 0. The van der Waals surface area contributed by atoms with Crippen LogP contribution >= 0.6 is 0 Å². The average Bonchev–Trinajstić information content (AvgIpc) is 3.04. The van der Waals surface area contributed by atoms with Crippen molar-refractivity contribution in [3.8, 4) is 0 Å². The quantitative estimate of drug-likeness (QED) is 0.885. The van der Waals surface area contributed by atoms with Gasteiger partial charge >= 0.3 is 6.09 Å². The molecule has 2 atom stereocenters. The number of carbonyl (C=O) groups is 2. The monoisotopic (exact) mass is 354 g/mol. The number of hydrogen-bond acceptors (Lipinski definition) is 4. The molecule has 0 aliphatic carbocycles. The summed E-state index contributed by atoms with van der Waals surface area (Å²) in [6.07, 6.45) is -1.15. The van der Waals surface area contributed by atoms with Crippen LogP contribution in [0.3, 0.4) is 0 Å². The molecule has 0 radical (unpaired) electrons. The summed E-state index contributed by atoms with van der Waals surface area (Å²) in [7, 11) is 0. The number of β-amino-alcohol motifs (C(OH)–C–C–N with tert-alkyl or cyclic N) is 1. The Kier molecular flexibility index (Phi) is 5.53. The first-order valence-corrected chi connectivity index (χ1v) is 8.56. The Balaban J connectivity index is 1.65. The fraction of sp³-hybridized carbons (Fsp3) is 0.300. The SMILES string of the molecule is Cc1ccccc1NC(=O)[C@H]1C[C@H](O)CN1C(=O)OCc1ccccc1. The van der Waals surface area contributed by atoms with Gasteiger partial charge in [-0.05, 0) is 24.1 Å². The lowest BCUT2D eigenvalue weighted by molar-refractivity contribution is -0.120. The van der Waals surface area contributed by atoms with E-state index in [1.54, 1.807) is 6.07 Å². The molecular weight excluding hydrogens is 332 g/mol. The third-order valence-corrected chi connectivity index (χ3v) is 4.42. The van der Waals surface area contributed by atoms with Crippen LogP contribution in [0.25, 0.3) is 0 Å². The molecular formula is C20H22N2O4. The van der Waals surface area contributed by atoms with Gasteiger partial charge < -0.3 is 15.2 Å². The minimum absolute atomic E-state index is 0.0828. The van der Waals surface area contributed by atoms with E-state index in [-0.39, 0.29) is 25.5 Å². The number of rotatable bonds is 4. The van der Waals surface area contributed by atoms with Crippen molar-refractivity contribution in [3.05, 3.63) is 65.7 Å². The van der Waals surface area contributed by atoms with E-state index in [1.165, 1.54) is 4.90 Å². The maximum Gasteiger partial charge on any atom is 0.410 e. The summed E-state index contributed by atoms with van der Waals surface area (Å²) < 4.78 is 5.31. The number of anilines is 1. The molecule has 26 heavy (non-hydrogen) atoms. The molecule has 1 heterocycles. The summed E-state index contributed by atoms with van der Waals surface area (Å²) in [6, 6.07) is 16.0. The molecule has 1 fully saturated rings. The van der Waals surface area contributed by atoms with E-state index in [0.717, 1.165) is 11.1 Å². The molecule has 0 saturated carbocycles. The predicted octanol–water partition coefficient (Wildman–Crippen LogP) is 2.71. The van der Waals surface area contributed by atoms with Crippen LogP contribution in [-0.4, -0.2) is 40.7 Å². The van der Waals surface area contributed by atoms with Crippen LogP contribution in [0, 0.1) is 6.92 Å². The number of hydrogen-bond donors (Lipinski definition) is 2. The number of para-hydroxylation sites is 1. The van der Waals surface area contributed by atoms with Crippen LogP contribution in [0.15, 0.2) is 54.6 Å². The van der Waals surface area contributed by atoms with E-state index in [4.69, 9.17) is 4.74 Å². The summed E-state index contributed by atoms with van der Waals surface area (Å²) in [5, 5.41) is 12.8. The summed E-state index contributed by atoms with van der Waals surface area (Å²) in [6.45, 7) is 2.10. The summed E-state index contributed by atoms with van der Waals surface area (Å²) in [4.78, 5) is 26.3. The highest BCUT2D eigenvalue weighted by atomic mass is 16.6. The molecule has 2 N–H and O–H groups in total. The van der Waals surface area contributed by atoms with Gasteiger partial charge in [0.15, 0.2) is 0 Å². The van der Waals surface area contributed by atoms with E-state index in [0.29, 0.717) is 5.69 Å². The first-order chi connectivity index (χ1) is 12.5. The van der Waals surface area contributed by atoms with Gasteiger partial charge in [-0.15, -0.1) is 0 Å². The second kappa shape index (κ2) is 8.01. The molecule has 1 saturated heterocycles. The lowest BCUT2D eigenvalue weighted by Gasteiger charge is -2.23. The number of nitrogens with one attached hydrogen (secondary N) is 1. The van der Waals surface area contributed by atoms with Crippen molar-refractivity contribution < 1.29 is 19.4 Å². The van der Waals surface area contributed by atoms with Crippen molar-refractivity contribution >= 4 is 17.7 Å². The van der Waals surface area contributed by atoms with Crippen LogP contribution in [0.4, 0.5) is 10.5 Å². The standard InChI is InChI=1S/C20H22N2O4/c1-14-7-5-6-10-17(14)21-19(24)18-11-16(23)12-22(18)20(25)26-13-15-8-3-2-4-9-15/h2-10,16,18,23H,11-13H2,1H3,(H,21,24)/t16-,18+/m0/s1. The van der Waals surface area contributed by atoms with E-state index >= 15 is 0 Å². The van der Waals surface area contributed by atoms with E-state index in [9.17, 15) is 14.7 Å². The Labute approximate surface area is 152 Å². The topological polar surface area (TPSA) is 78.9 Å². The van der Waals surface area contributed by atoms with Crippen LogP contribution in [0.5, 0.6) is 0 Å². The first-order valence-electron chi connectivity index (χ1n) is 8.56. The molecule has 2 aromatic rings. The summed E-state index contributed by atoms with van der Waals surface area (Å²) in [5.74, 6) is -0.326. The van der Waals surface area contributed by atoms with Gasteiger partial charge in [-0.1, -0.05) is 48.5 Å². The maximum absolute atomic E-state index is 12.6. The Bertz CT molecular complexity index is 778. The molecule has 136 valence electrons. The van der Waals surface area contributed by atoms with E-state index in [2.05, 4.69) is 5.32 Å². The molecule has 1 aliphatic heterocycles. The number of amides is 2. The highest BCUT2D eigenvalue weighted by Gasteiger charge is 2.40.